The van der Waals surface area contributed by atoms with E-state index < -0.39 is 0 Å². The van der Waals surface area contributed by atoms with Crippen molar-refractivity contribution in [3.8, 4) is 11.5 Å². The number of pyridine rings is 1. The molecule has 0 unspecified atom stereocenters. The minimum absolute atomic E-state index is 0.789. The van der Waals surface area contributed by atoms with E-state index in [2.05, 4.69) is 50.1 Å². The van der Waals surface area contributed by atoms with Crippen LogP contribution in [0.5, 0.6) is 11.5 Å². The summed E-state index contributed by atoms with van der Waals surface area (Å²) in [4.78, 5) is 4.25. The molecule has 1 aromatic carbocycles. The molecule has 1 N–H and O–H groups in total. The molecule has 0 aliphatic heterocycles. The van der Waals surface area contributed by atoms with Crippen LogP contribution in [-0.4, -0.2) is 11.5 Å². The molecule has 3 heteroatoms. The zero-order valence-electron chi connectivity index (χ0n) is 12.7. The van der Waals surface area contributed by atoms with Crippen molar-refractivity contribution in [1.82, 2.24) is 10.3 Å². The Kier molecular flexibility index (Phi) is 4.74. The van der Waals surface area contributed by atoms with Crippen molar-refractivity contribution in [2.75, 3.05) is 6.54 Å². The van der Waals surface area contributed by atoms with Crippen molar-refractivity contribution in [2.24, 2.45) is 0 Å². The molecular formula is C17H22N2O. The van der Waals surface area contributed by atoms with Crippen LogP contribution in [0.2, 0.25) is 0 Å². The number of nitrogens with one attached hydrogen (secondary N) is 1. The zero-order chi connectivity index (χ0) is 14.5. The van der Waals surface area contributed by atoms with Gasteiger partial charge in [-0.15, -0.1) is 0 Å². The number of aryl methyl sites for hydroxylation is 2. The maximum absolute atomic E-state index is 6.05. The summed E-state index contributed by atoms with van der Waals surface area (Å²) in [5.74, 6) is 1.73. The third-order valence-corrected chi connectivity index (χ3v) is 3.44. The maximum Gasteiger partial charge on any atom is 0.146 e. The highest BCUT2D eigenvalue weighted by Crippen LogP contribution is 2.30. The minimum atomic E-state index is 0.789. The molecule has 0 amide bonds. The van der Waals surface area contributed by atoms with Crippen molar-refractivity contribution >= 4 is 0 Å². The van der Waals surface area contributed by atoms with Crippen molar-refractivity contribution < 1.29 is 4.74 Å². The maximum atomic E-state index is 6.05. The summed E-state index contributed by atoms with van der Waals surface area (Å²) >= 11 is 0. The van der Waals surface area contributed by atoms with Crippen LogP contribution >= 0.6 is 0 Å². The fourth-order valence-corrected chi connectivity index (χ4v) is 2.09. The summed E-state index contributed by atoms with van der Waals surface area (Å²) in [6.07, 6.45) is 3.63. The lowest BCUT2D eigenvalue weighted by Gasteiger charge is -2.14. The number of benzene rings is 1. The molecule has 0 bridgehead atoms. The van der Waals surface area contributed by atoms with Gasteiger partial charge in [0.25, 0.3) is 0 Å². The molecule has 0 aliphatic rings. The second kappa shape index (κ2) is 6.53. The Morgan fingerprint density at radius 2 is 1.85 bits per heavy atom. The van der Waals surface area contributed by atoms with E-state index in [1.807, 2.05) is 12.3 Å². The highest BCUT2D eigenvalue weighted by Gasteiger charge is 2.08. The van der Waals surface area contributed by atoms with Crippen LogP contribution in [0.3, 0.4) is 0 Å². The summed E-state index contributed by atoms with van der Waals surface area (Å²) in [7, 11) is 0. The third-order valence-electron chi connectivity index (χ3n) is 3.44. The Balaban J connectivity index is 2.24. The van der Waals surface area contributed by atoms with Crippen LogP contribution < -0.4 is 10.1 Å². The molecule has 0 saturated carbocycles. The summed E-state index contributed by atoms with van der Waals surface area (Å²) in [5.41, 5.74) is 4.70. The van der Waals surface area contributed by atoms with Crippen LogP contribution in [0.15, 0.2) is 30.6 Å². The summed E-state index contributed by atoms with van der Waals surface area (Å²) in [6.45, 7) is 10.1. The molecule has 0 atom stereocenters. The van der Waals surface area contributed by atoms with Gasteiger partial charge in [-0.2, -0.15) is 0 Å². The molecule has 20 heavy (non-hydrogen) atoms. The SMILES string of the molecule is CCNCc1cncc(Oc2c(C)ccc(C)c2C)c1. The third kappa shape index (κ3) is 3.36. The van der Waals surface area contributed by atoms with Gasteiger partial charge >= 0.3 is 0 Å². The van der Waals surface area contributed by atoms with Crippen LogP contribution in [0.4, 0.5) is 0 Å². The molecule has 0 saturated heterocycles. The smallest absolute Gasteiger partial charge is 0.146 e. The Morgan fingerprint density at radius 1 is 1.10 bits per heavy atom. The fourth-order valence-electron chi connectivity index (χ4n) is 2.09. The molecule has 106 valence electrons. The molecule has 0 spiro atoms. The van der Waals surface area contributed by atoms with Gasteiger partial charge in [-0.3, -0.25) is 4.98 Å². The molecule has 0 radical (unpaired) electrons. The van der Waals surface area contributed by atoms with E-state index in [0.717, 1.165) is 35.7 Å². The highest BCUT2D eigenvalue weighted by molar-refractivity contribution is 5.46. The van der Waals surface area contributed by atoms with Crippen molar-refractivity contribution in [1.29, 1.82) is 0 Å². The van der Waals surface area contributed by atoms with Gasteiger partial charge in [0.1, 0.15) is 11.5 Å². The average molecular weight is 270 g/mol. The molecule has 1 aromatic heterocycles. The average Bonchev–Trinajstić information content (AvgIpc) is 2.46. The van der Waals surface area contributed by atoms with E-state index >= 15 is 0 Å². The Morgan fingerprint density at radius 3 is 2.60 bits per heavy atom. The second-order valence-corrected chi connectivity index (χ2v) is 5.06. The van der Waals surface area contributed by atoms with Gasteiger partial charge in [-0.05, 0) is 55.6 Å². The van der Waals surface area contributed by atoms with Gasteiger partial charge in [0.15, 0.2) is 0 Å². The number of aromatic nitrogens is 1. The summed E-state index contributed by atoms with van der Waals surface area (Å²) in [5, 5.41) is 3.29. The van der Waals surface area contributed by atoms with Gasteiger partial charge in [-0.1, -0.05) is 19.1 Å². The van der Waals surface area contributed by atoms with Crippen molar-refractivity contribution in [2.45, 2.75) is 34.2 Å². The number of nitrogens with zero attached hydrogens (tertiary/aromatic N) is 1. The first-order chi connectivity index (χ1) is 9.61. The Labute approximate surface area is 121 Å². The highest BCUT2D eigenvalue weighted by atomic mass is 16.5. The molecule has 0 aliphatic carbocycles. The Hall–Kier alpha value is -1.87. The van der Waals surface area contributed by atoms with Gasteiger partial charge in [0.2, 0.25) is 0 Å². The van der Waals surface area contributed by atoms with E-state index in [-0.39, 0.29) is 0 Å². The van der Waals surface area contributed by atoms with E-state index in [0.29, 0.717) is 0 Å². The van der Waals surface area contributed by atoms with Gasteiger partial charge < -0.3 is 10.1 Å². The molecule has 1 heterocycles. The number of ether oxygens (including phenoxy) is 1. The largest absolute Gasteiger partial charge is 0.455 e. The standard InChI is InChI=1S/C17H22N2O/c1-5-18-9-15-8-16(11-19-10-15)20-17-13(3)7-6-12(2)14(17)4/h6-8,10-11,18H,5,9H2,1-4H3. The fraction of sp³-hybridized carbons (Fsp3) is 0.353. The van der Waals surface area contributed by atoms with E-state index in [4.69, 9.17) is 4.74 Å². The molecule has 3 nitrogen and oxygen atoms in total. The zero-order valence-corrected chi connectivity index (χ0v) is 12.7. The quantitative estimate of drug-likeness (QED) is 0.894. The lowest BCUT2D eigenvalue weighted by atomic mass is 10.1. The first-order valence-electron chi connectivity index (χ1n) is 7.01. The topological polar surface area (TPSA) is 34.2 Å². The van der Waals surface area contributed by atoms with Gasteiger partial charge in [-0.25, -0.2) is 0 Å². The summed E-state index contributed by atoms with van der Waals surface area (Å²) in [6, 6.07) is 6.25. The van der Waals surface area contributed by atoms with E-state index in [1.165, 1.54) is 11.1 Å². The molecule has 2 rings (SSSR count). The summed E-state index contributed by atoms with van der Waals surface area (Å²) < 4.78 is 6.05. The molecule has 0 fully saturated rings. The normalized spacial score (nSPS) is 10.6. The lowest BCUT2D eigenvalue weighted by molar-refractivity contribution is 0.471. The monoisotopic (exact) mass is 270 g/mol. The van der Waals surface area contributed by atoms with Crippen LogP contribution in [-0.2, 0) is 6.54 Å². The van der Waals surface area contributed by atoms with Crippen LogP contribution in [0, 0.1) is 20.8 Å². The van der Waals surface area contributed by atoms with E-state index in [9.17, 15) is 0 Å². The van der Waals surface area contributed by atoms with E-state index in [1.54, 1.807) is 6.20 Å². The number of hydrogen-bond donors (Lipinski definition) is 1. The lowest BCUT2D eigenvalue weighted by Crippen LogP contribution is -2.11. The Bertz CT molecular complexity index is 594. The molecule has 2 aromatic rings. The number of rotatable bonds is 5. The van der Waals surface area contributed by atoms with Crippen molar-refractivity contribution in [3.05, 3.63) is 52.8 Å². The van der Waals surface area contributed by atoms with Gasteiger partial charge in [0, 0.05) is 12.7 Å². The predicted octanol–water partition coefficient (Wildman–Crippen LogP) is 3.91. The first kappa shape index (κ1) is 14.5. The second-order valence-electron chi connectivity index (χ2n) is 5.06. The predicted molar refractivity (Wildman–Crippen MR) is 82.3 cm³/mol. The van der Waals surface area contributed by atoms with Crippen LogP contribution in [0.1, 0.15) is 29.2 Å². The first-order valence-corrected chi connectivity index (χ1v) is 7.01. The molecular weight excluding hydrogens is 248 g/mol. The minimum Gasteiger partial charge on any atom is -0.455 e. The van der Waals surface area contributed by atoms with Crippen LogP contribution in [0.25, 0.3) is 0 Å². The number of hydrogen-bond acceptors (Lipinski definition) is 3. The van der Waals surface area contributed by atoms with Gasteiger partial charge in [0.05, 0.1) is 6.20 Å². The van der Waals surface area contributed by atoms with Crippen molar-refractivity contribution in [3.63, 3.8) is 0 Å².